The molecular weight excluding hydrogens is 503 g/mol. The Bertz CT molecular complexity index is 1420. The molecule has 0 fully saturated rings. The fraction of sp³-hybridized carbons (Fsp3) is 0.250. The third-order valence-corrected chi connectivity index (χ3v) is 7.55. The zero-order chi connectivity index (χ0) is 24.8. The van der Waals surface area contributed by atoms with Gasteiger partial charge in [-0.1, -0.05) is 54.0 Å². The van der Waals surface area contributed by atoms with Gasteiger partial charge < -0.3 is 5.11 Å². The molecule has 0 aliphatic rings. The van der Waals surface area contributed by atoms with Crippen LogP contribution in [-0.2, 0) is 16.8 Å². The van der Waals surface area contributed by atoms with Gasteiger partial charge in [0.25, 0.3) is 0 Å². The number of aromatic nitrogens is 3. The molecule has 34 heavy (non-hydrogen) atoms. The van der Waals surface area contributed by atoms with Gasteiger partial charge in [0.05, 0.1) is 32.7 Å². The number of hydrogen-bond acceptors (Lipinski definition) is 3. The van der Waals surface area contributed by atoms with Crippen molar-refractivity contribution in [3.05, 3.63) is 70.1 Å². The summed E-state index contributed by atoms with van der Waals surface area (Å²) in [4.78, 5) is 12.3. The second-order valence-electron chi connectivity index (χ2n) is 8.32. The van der Waals surface area contributed by atoms with Crippen LogP contribution in [-0.4, -0.2) is 25.4 Å². The fourth-order valence-corrected chi connectivity index (χ4v) is 5.28. The Hall–Kier alpha value is -2.55. The number of fused-ring (bicyclic) bond motifs is 1. The summed E-state index contributed by atoms with van der Waals surface area (Å²) in [5.74, 6) is -2.47. The van der Waals surface area contributed by atoms with Crippen LogP contribution in [0.2, 0.25) is 10.2 Å². The molecule has 4 rings (SSSR count). The normalized spacial score (nSPS) is 12.0. The van der Waals surface area contributed by atoms with E-state index in [2.05, 4.69) is 5.10 Å². The van der Waals surface area contributed by atoms with E-state index < -0.39 is 23.0 Å². The van der Waals surface area contributed by atoms with Gasteiger partial charge in [0.2, 0.25) is 0 Å². The molecule has 2 aromatic carbocycles. The Kier molecular flexibility index (Phi) is 6.68. The van der Waals surface area contributed by atoms with Crippen molar-refractivity contribution in [3.8, 4) is 5.69 Å². The van der Waals surface area contributed by atoms with E-state index in [-0.39, 0.29) is 26.2 Å². The van der Waals surface area contributed by atoms with E-state index in [0.29, 0.717) is 22.5 Å². The number of hydrogen-bond donors (Lipinski definition) is 1. The quantitative estimate of drug-likeness (QED) is 0.275. The lowest BCUT2D eigenvalue weighted by Crippen LogP contribution is -2.29. The zero-order valence-corrected chi connectivity index (χ0v) is 20.9. The smallest absolute Gasteiger partial charge is 0.313 e. The zero-order valence-electron chi connectivity index (χ0n) is 18.6. The van der Waals surface area contributed by atoms with Gasteiger partial charge >= 0.3 is 5.97 Å². The summed E-state index contributed by atoms with van der Waals surface area (Å²) in [6, 6.07) is 7.62. The summed E-state index contributed by atoms with van der Waals surface area (Å²) in [6.07, 6.45) is 4.19. The number of nitrogens with zero attached hydrogens (tertiary/aromatic N) is 3. The Morgan fingerprint density at radius 3 is 2.59 bits per heavy atom. The first-order chi connectivity index (χ1) is 16.1. The number of benzene rings is 2. The number of carbonyl (C=O) groups is 1. The van der Waals surface area contributed by atoms with E-state index in [1.165, 1.54) is 36.6 Å². The molecule has 0 amide bonds. The van der Waals surface area contributed by atoms with Crippen molar-refractivity contribution < 1.29 is 18.7 Å². The minimum atomic E-state index is -1.44. The van der Waals surface area contributed by atoms with Crippen molar-refractivity contribution in [1.82, 2.24) is 14.3 Å². The van der Waals surface area contributed by atoms with E-state index in [4.69, 9.17) is 23.2 Å². The fourth-order valence-electron chi connectivity index (χ4n) is 3.71. The summed E-state index contributed by atoms with van der Waals surface area (Å²) in [5.41, 5.74) is -0.706. The van der Waals surface area contributed by atoms with Gasteiger partial charge in [0, 0.05) is 28.6 Å². The van der Waals surface area contributed by atoms with Crippen molar-refractivity contribution in [1.29, 1.82) is 0 Å². The van der Waals surface area contributed by atoms with Crippen molar-refractivity contribution in [3.63, 3.8) is 0 Å². The predicted molar refractivity (Wildman–Crippen MR) is 131 cm³/mol. The molecule has 10 heteroatoms. The molecule has 1 N–H and O–H groups in total. The van der Waals surface area contributed by atoms with Gasteiger partial charge in [-0.15, -0.1) is 0 Å². The highest BCUT2D eigenvalue weighted by Crippen LogP contribution is 2.45. The van der Waals surface area contributed by atoms with Crippen molar-refractivity contribution in [2.75, 3.05) is 0 Å². The topological polar surface area (TPSA) is 60.0 Å². The molecule has 0 unspecified atom stereocenters. The van der Waals surface area contributed by atoms with Crippen molar-refractivity contribution in [2.24, 2.45) is 0 Å². The van der Waals surface area contributed by atoms with Gasteiger partial charge in [-0.2, -0.15) is 5.10 Å². The molecule has 0 aliphatic heterocycles. The van der Waals surface area contributed by atoms with E-state index in [9.17, 15) is 9.90 Å². The Labute approximate surface area is 209 Å². The lowest BCUT2D eigenvalue weighted by atomic mass is 9.84. The molecule has 0 bridgehead atoms. The molecule has 2 aromatic heterocycles. The maximum Gasteiger partial charge on any atom is 0.313 e. The second-order valence-corrected chi connectivity index (χ2v) is 10.1. The lowest BCUT2D eigenvalue weighted by Gasteiger charge is -2.21. The summed E-state index contributed by atoms with van der Waals surface area (Å²) in [6.45, 7) is 5.57. The first kappa shape index (κ1) is 24.6. The van der Waals surface area contributed by atoms with Crippen LogP contribution in [0, 0.1) is 11.6 Å². The lowest BCUT2D eigenvalue weighted by molar-refractivity contribution is -0.142. The molecule has 0 radical (unpaired) electrons. The molecule has 0 spiro atoms. The molecule has 178 valence electrons. The van der Waals surface area contributed by atoms with Gasteiger partial charge in [-0.25, -0.2) is 8.78 Å². The van der Waals surface area contributed by atoms with Crippen LogP contribution < -0.4 is 0 Å². The highest BCUT2D eigenvalue weighted by Gasteiger charge is 2.33. The number of carboxylic acid groups (broad SMARTS) is 1. The van der Waals surface area contributed by atoms with Gasteiger partial charge in [0.15, 0.2) is 5.82 Å². The van der Waals surface area contributed by atoms with Crippen LogP contribution in [0.3, 0.4) is 0 Å². The molecule has 0 saturated heterocycles. The number of aliphatic carboxylic acids is 1. The van der Waals surface area contributed by atoms with Crippen LogP contribution in [0.4, 0.5) is 8.78 Å². The maximum atomic E-state index is 15.5. The highest BCUT2D eigenvalue weighted by molar-refractivity contribution is 7.99. The third-order valence-electron chi connectivity index (χ3n) is 5.63. The Morgan fingerprint density at radius 1 is 1.18 bits per heavy atom. The summed E-state index contributed by atoms with van der Waals surface area (Å²) >= 11 is 13.8. The first-order valence-electron chi connectivity index (χ1n) is 10.5. The van der Waals surface area contributed by atoms with E-state index in [1.54, 1.807) is 29.2 Å². The number of rotatable bonds is 7. The van der Waals surface area contributed by atoms with Crippen LogP contribution >= 0.6 is 35.0 Å². The SMILES string of the molecule is CCCn1cc(-n2c(Cl)c(Sc3cccc(C(C)(C)C(=O)O)c3F)c3ccc(Cl)c(F)c32)cn1. The van der Waals surface area contributed by atoms with Crippen LogP contribution in [0.5, 0.6) is 0 Å². The standard InChI is InChI=1S/C24H21Cl2F2N3O2S/c1-4-10-30-12-13(11-29-30)31-20-14(8-9-16(25)19(20)28)21(22(31)26)34-17-7-5-6-15(18(17)27)24(2,3)23(32)33/h5-9,11-12H,4,10H2,1-3H3,(H,32,33). The third kappa shape index (κ3) is 4.08. The van der Waals surface area contributed by atoms with Gasteiger partial charge in [-0.3, -0.25) is 14.0 Å². The van der Waals surface area contributed by atoms with Crippen molar-refractivity contribution >= 4 is 51.8 Å². The second kappa shape index (κ2) is 9.24. The molecule has 4 aromatic rings. The minimum absolute atomic E-state index is 0.0416. The molecular formula is C24H21Cl2F2N3O2S. The molecule has 0 saturated carbocycles. The van der Waals surface area contributed by atoms with E-state index in [1.807, 2.05) is 6.92 Å². The summed E-state index contributed by atoms with van der Waals surface area (Å²) in [5, 5.41) is 14.4. The molecule has 0 atom stereocenters. The number of carboxylic acids is 1. The van der Waals surface area contributed by atoms with E-state index in [0.717, 1.165) is 18.2 Å². The first-order valence-corrected chi connectivity index (χ1v) is 12.1. The number of halogens is 4. The monoisotopic (exact) mass is 523 g/mol. The van der Waals surface area contributed by atoms with Crippen LogP contribution in [0.15, 0.2) is 52.5 Å². The average molecular weight is 524 g/mol. The minimum Gasteiger partial charge on any atom is -0.481 e. The van der Waals surface area contributed by atoms with E-state index >= 15 is 8.78 Å². The molecule has 0 aliphatic carbocycles. The summed E-state index contributed by atoms with van der Waals surface area (Å²) < 4.78 is 33.9. The Morgan fingerprint density at radius 2 is 1.91 bits per heavy atom. The van der Waals surface area contributed by atoms with Gasteiger partial charge in [-0.05, 0) is 38.5 Å². The summed E-state index contributed by atoms with van der Waals surface area (Å²) in [7, 11) is 0. The number of aryl methyl sites for hydroxylation is 1. The Balaban J connectivity index is 1.91. The highest BCUT2D eigenvalue weighted by atomic mass is 35.5. The molecule has 5 nitrogen and oxygen atoms in total. The largest absolute Gasteiger partial charge is 0.481 e. The van der Waals surface area contributed by atoms with Crippen LogP contribution in [0.1, 0.15) is 32.8 Å². The maximum absolute atomic E-state index is 15.5. The average Bonchev–Trinajstić information content (AvgIpc) is 3.35. The van der Waals surface area contributed by atoms with Gasteiger partial charge in [0.1, 0.15) is 11.0 Å². The predicted octanol–water partition coefficient (Wildman–Crippen LogP) is 7.34. The van der Waals surface area contributed by atoms with Crippen LogP contribution in [0.25, 0.3) is 16.6 Å². The van der Waals surface area contributed by atoms with Crippen molar-refractivity contribution in [2.45, 2.75) is 48.9 Å². The molecule has 2 heterocycles.